The van der Waals surface area contributed by atoms with E-state index in [1.54, 1.807) is 12.1 Å². The van der Waals surface area contributed by atoms with Gasteiger partial charge in [-0.1, -0.05) is 72.0 Å². The van der Waals surface area contributed by atoms with Gasteiger partial charge in [0, 0.05) is 24.4 Å². The van der Waals surface area contributed by atoms with Crippen LogP contribution in [0.15, 0.2) is 66.7 Å². The summed E-state index contributed by atoms with van der Waals surface area (Å²) in [5, 5.41) is 12.6. The molecule has 0 heterocycles. The fourth-order valence-electron chi connectivity index (χ4n) is 3.63. The Morgan fingerprint density at radius 2 is 1.70 bits per heavy atom. The molecule has 0 spiro atoms. The molecule has 0 aromatic heterocycles. The van der Waals surface area contributed by atoms with Crippen LogP contribution in [-0.2, 0) is 4.74 Å². The number of alkyl carbamates (subject to hydrolysis) is 1. The van der Waals surface area contributed by atoms with Crippen LogP contribution >= 0.6 is 11.6 Å². The molecule has 0 aliphatic heterocycles. The lowest BCUT2D eigenvalue weighted by atomic mass is 9.98. The molecule has 0 atom stereocenters. The van der Waals surface area contributed by atoms with Crippen molar-refractivity contribution in [3.8, 4) is 28.7 Å². The molecule has 30 heavy (non-hydrogen) atoms. The molecule has 3 aromatic rings. The van der Waals surface area contributed by atoms with Crippen LogP contribution in [0.2, 0.25) is 5.02 Å². The second kappa shape index (κ2) is 8.94. The molecule has 0 radical (unpaired) electrons. The second-order valence-electron chi connectivity index (χ2n) is 6.97. The summed E-state index contributed by atoms with van der Waals surface area (Å²) < 4.78 is 5.49. The summed E-state index contributed by atoms with van der Waals surface area (Å²) >= 11 is 5.77. The number of carbonyl (C=O) groups excluding carboxylic acids is 1. The average molecular weight is 418 g/mol. The molecule has 0 fully saturated rings. The van der Waals surface area contributed by atoms with Crippen LogP contribution in [0.1, 0.15) is 29.0 Å². The molecule has 0 saturated heterocycles. The van der Waals surface area contributed by atoms with Gasteiger partial charge in [0.05, 0.1) is 5.02 Å². The quantitative estimate of drug-likeness (QED) is 0.445. The fourth-order valence-corrected chi connectivity index (χ4v) is 3.75. The summed E-state index contributed by atoms with van der Waals surface area (Å²) in [6.45, 7) is 0.666. The van der Waals surface area contributed by atoms with Gasteiger partial charge in [0.25, 0.3) is 0 Å². The van der Waals surface area contributed by atoms with E-state index in [9.17, 15) is 9.90 Å². The SMILES string of the molecule is O=C(NCCC#Cc1ccc(Cl)c(O)c1)OCC1c2ccccc2-c2ccccc21. The van der Waals surface area contributed by atoms with Gasteiger partial charge in [-0.15, -0.1) is 0 Å². The number of fused-ring (bicyclic) bond motifs is 3. The van der Waals surface area contributed by atoms with Crippen LogP contribution in [-0.4, -0.2) is 24.4 Å². The minimum Gasteiger partial charge on any atom is -0.506 e. The van der Waals surface area contributed by atoms with Crippen molar-refractivity contribution in [3.05, 3.63) is 88.4 Å². The number of hydrogen-bond donors (Lipinski definition) is 2. The number of benzene rings is 3. The van der Waals surface area contributed by atoms with Gasteiger partial charge in [-0.3, -0.25) is 0 Å². The van der Waals surface area contributed by atoms with E-state index in [0.717, 1.165) is 0 Å². The van der Waals surface area contributed by atoms with Crippen LogP contribution in [0.4, 0.5) is 4.79 Å². The summed E-state index contributed by atoms with van der Waals surface area (Å²) in [5.41, 5.74) is 5.43. The van der Waals surface area contributed by atoms with E-state index in [1.165, 1.54) is 28.3 Å². The van der Waals surface area contributed by atoms with E-state index in [2.05, 4.69) is 41.4 Å². The van der Waals surface area contributed by atoms with E-state index in [0.29, 0.717) is 18.5 Å². The fraction of sp³-hybridized carbons (Fsp3) is 0.160. The van der Waals surface area contributed by atoms with Crippen LogP contribution < -0.4 is 5.32 Å². The number of carbonyl (C=O) groups is 1. The predicted octanol–water partition coefficient (Wildman–Crippen LogP) is 5.33. The number of hydrogen-bond acceptors (Lipinski definition) is 3. The number of nitrogens with one attached hydrogen (secondary N) is 1. The maximum atomic E-state index is 12.1. The number of phenolic OH excluding ortho intramolecular Hbond substituents is 1. The van der Waals surface area contributed by atoms with Crippen molar-refractivity contribution in [2.24, 2.45) is 0 Å². The van der Waals surface area contributed by atoms with Gasteiger partial charge in [-0.2, -0.15) is 0 Å². The zero-order valence-corrected chi connectivity index (χ0v) is 16.9. The molecule has 1 amide bonds. The van der Waals surface area contributed by atoms with Crippen LogP contribution in [0.3, 0.4) is 0 Å². The van der Waals surface area contributed by atoms with Gasteiger partial charge in [-0.25, -0.2) is 4.79 Å². The second-order valence-corrected chi connectivity index (χ2v) is 7.38. The Labute approximate surface area is 180 Å². The highest BCUT2D eigenvalue weighted by Gasteiger charge is 2.28. The molecule has 0 unspecified atom stereocenters. The molecule has 1 aliphatic rings. The van der Waals surface area contributed by atoms with Gasteiger partial charge in [0.1, 0.15) is 12.4 Å². The molecule has 2 N–H and O–H groups in total. The van der Waals surface area contributed by atoms with Gasteiger partial charge in [0.15, 0.2) is 0 Å². The van der Waals surface area contributed by atoms with Crippen molar-refractivity contribution in [2.75, 3.05) is 13.2 Å². The van der Waals surface area contributed by atoms with Gasteiger partial charge < -0.3 is 15.2 Å². The molecule has 4 nitrogen and oxygen atoms in total. The van der Waals surface area contributed by atoms with E-state index in [4.69, 9.17) is 16.3 Å². The van der Waals surface area contributed by atoms with Crippen LogP contribution in [0.5, 0.6) is 5.75 Å². The number of amides is 1. The topological polar surface area (TPSA) is 58.6 Å². The number of phenols is 1. The normalized spacial score (nSPS) is 11.8. The van der Waals surface area contributed by atoms with Crippen molar-refractivity contribution in [2.45, 2.75) is 12.3 Å². The molecular weight excluding hydrogens is 398 g/mol. The van der Waals surface area contributed by atoms with E-state index in [1.807, 2.05) is 24.3 Å². The largest absolute Gasteiger partial charge is 0.506 e. The summed E-state index contributed by atoms with van der Waals surface area (Å²) in [5.74, 6) is 5.92. The van der Waals surface area contributed by atoms with Crippen LogP contribution in [0.25, 0.3) is 11.1 Å². The van der Waals surface area contributed by atoms with Crippen molar-refractivity contribution < 1.29 is 14.6 Å². The smallest absolute Gasteiger partial charge is 0.407 e. The molecule has 0 saturated carbocycles. The minimum absolute atomic E-state index is 0.000212. The Bertz CT molecular complexity index is 1100. The molecular formula is C25H20ClNO3. The first-order valence-electron chi connectivity index (χ1n) is 9.69. The monoisotopic (exact) mass is 417 g/mol. The Kier molecular flexibility index (Phi) is 5.92. The maximum absolute atomic E-state index is 12.1. The Morgan fingerprint density at radius 1 is 1.03 bits per heavy atom. The van der Waals surface area contributed by atoms with Crippen molar-refractivity contribution in [1.29, 1.82) is 0 Å². The number of halogens is 1. The molecule has 1 aliphatic carbocycles. The van der Waals surface area contributed by atoms with Gasteiger partial charge in [0.2, 0.25) is 0 Å². The first kappa shape index (κ1) is 19.9. The lowest BCUT2D eigenvalue weighted by Crippen LogP contribution is -2.26. The third kappa shape index (κ3) is 4.27. The number of ether oxygens (including phenoxy) is 1. The van der Waals surface area contributed by atoms with Crippen molar-refractivity contribution in [3.63, 3.8) is 0 Å². The lowest BCUT2D eigenvalue weighted by molar-refractivity contribution is 0.143. The Morgan fingerprint density at radius 3 is 2.37 bits per heavy atom. The van der Waals surface area contributed by atoms with E-state index in [-0.39, 0.29) is 23.3 Å². The first-order chi connectivity index (χ1) is 14.6. The highest BCUT2D eigenvalue weighted by Crippen LogP contribution is 2.44. The average Bonchev–Trinajstić information content (AvgIpc) is 3.08. The molecule has 150 valence electrons. The Balaban J connectivity index is 1.29. The Hall–Kier alpha value is -3.42. The summed E-state index contributed by atoms with van der Waals surface area (Å²) in [4.78, 5) is 12.1. The van der Waals surface area contributed by atoms with E-state index >= 15 is 0 Å². The summed E-state index contributed by atoms with van der Waals surface area (Å²) in [6.07, 6.45) is 0.0101. The zero-order chi connectivity index (χ0) is 20.9. The van der Waals surface area contributed by atoms with Crippen molar-refractivity contribution in [1.82, 2.24) is 5.32 Å². The highest BCUT2D eigenvalue weighted by molar-refractivity contribution is 6.32. The number of aromatic hydroxyl groups is 1. The minimum atomic E-state index is -0.456. The molecule has 0 bridgehead atoms. The highest BCUT2D eigenvalue weighted by atomic mass is 35.5. The summed E-state index contributed by atoms with van der Waals surface area (Å²) in [7, 11) is 0. The molecule has 3 aromatic carbocycles. The lowest BCUT2D eigenvalue weighted by Gasteiger charge is -2.14. The molecule has 4 rings (SSSR count). The number of rotatable bonds is 4. The van der Waals surface area contributed by atoms with Crippen LogP contribution in [0, 0.1) is 11.8 Å². The standard InChI is InChI=1S/C25H20ClNO3/c26-23-13-12-17(15-24(23)28)7-5-6-14-27-25(29)30-16-22-20-10-3-1-8-18(20)19-9-2-4-11-21(19)22/h1-4,8-13,15,22,28H,6,14,16H2,(H,27,29). The zero-order valence-electron chi connectivity index (χ0n) is 16.2. The van der Waals surface area contributed by atoms with Gasteiger partial charge in [-0.05, 0) is 40.5 Å². The molecule has 5 heteroatoms. The first-order valence-corrected chi connectivity index (χ1v) is 10.1. The summed E-state index contributed by atoms with van der Waals surface area (Å²) in [6, 6.07) is 21.3. The third-order valence-corrected chi connectivity index (χ3v) is 5.36. The van der Waals surface area contributed by atoms with Crippen molar-refractivity contribution >= 4 is 17.7 Å². The predicted molar refractivity (Wildman–Crippen MR) is 118 cm³/mol. The third-order valence-electron chi connectivity index (χ3n) is 5.04. The van der Waals surface area contributed by atoms with E-state index < -0.39 is 6.09 Å². The maximum Gasteiger partial charge on any atom is 0.407 e. The van der Waals surface area contributed by atoms with Gasteiger partial charge >= 0.3 is 6.09 Å².